The van der Waals surface area contributed by atoms with Crippen molar-refractivity contribution in [3.63, 3.8) is 0 Å². The highest BCUT2D eigenvalue weighted by atomic mass is 32.2. The number of likely N-dealkylation sites (tertiary alicyclic amines) is 1. The van der Waals surface area contributed by atoms with Crippen molar-refractivity contribution in [1.29, 1.82) is 0 Å². The molecule has 1 heterocycles. The standard InChI is InChI=1S/C37H48F2N4O8S/c1-34(2,3)28(40-33(47)51-35(4,5)6)31(45)43-21-36(50-7,24-15-13-23(14-16-24)22-11-9-8-10-12-22)20-27(43)30(44)41-37(19-26(37)29(38)39)32(46)42-52(48,49)25-17-18-25/h8-16,25-29H,17-21H2,1-7H3,(H,40,47)(H,41,44)(H,42,46)/t26-,27-,28+,36-,37+/m0/s1. The van der Waals surface area contributed by atoms with Crippen molar-refractivity contribution in [3.8, 4) is 11.1 Å². The third-order valence-corrected chi connectivity index (χ3v) is 11.7. The van der Waals surface area contributed by atoms with Crippen LogP contribution in [0.15, 0.2) is 54.6 Å². The number of rotatable bonds is 11. The van der Waals surface area contributed by atoms with Crippen LogP contribution in [0.4, 0.5) is 13.6 Å². The van der Waals surface area contributed by atoms with Crippen molar-refractivity contribution in [1.82, 2.24) is 20.3 Å². The minimum Gasteiger partial charge on any atom is -0.444 e. The van der Waals surface area contributed by atoms with E-state index in [9.17, 15) is 36.4 Å². The summed E-state index contributed by atoms with van der Waals surface area (Å²) in [7, 11) is -2.69. The van der Waals surface area contributed by atoms with Gasteiger partial charge in [0.05, 0.1) is 17.7 Å². The van der Waals surface area contributed by atoms with Crippen LogP contribution in [0.3, 0.4) is 0 Å². The quantitative estimate of drug-likeness (QED) is 0.304. The molecule has 4 amide bonds. The van der Waals surface area contributed by atoms with Gasteiger partial charge in [-0.15, -0.1) is 0 Å². The van der Waals surface area contributed by atoms with E-state index in [-0.39, 0.29) is 13.0 Å². The van der Waals surface area contributed by atoms with Gasteiger partial charge in [0.1, 0.15) is 28.8 Å². The zero-order chi connectivity index (χ0) is 38.4. The summed E-state index contributed by atoms with van der Waals surface area (Å²) in [6, 6.07) is 14.4. The Morgan fingerprint density at radius 2 is 1.50 bits per heavy atom. The van der Waals surface area contributed by atoms with Gasteiger partial charge in [-0.25, -0.2) is 22.0 Å². The Hall–Kier alpha value is -4.11. The van der Waals surface area contributed by atoms with Crippen LogP contribution in [0.25, 0.3) is 11.1 Å². The van der Waals surface area contributed by atoms with Crippen LogP contribution >= 0.6 is 0 Å². The minimum atomic E-state index is -4.12. The predicted octanol–water partition coefficient (Wildman–Crippen LogP) is 4.48. The summed E-state index contributed by atoms with van der Waals surface area (Å²) in [5.74, 6) is -4.51. The van der Waals surface area contributed by atoms with E-state index in [4.69, 9.17) is 9.47 Å². The summed E-state index contributed by atoms with van der Waals surface area (Å²) in [5, 5.41) is 4.29. The lowest BCUT2D eigenvalue weighted by atomic mass is 9.85. The highest BCUT2D eigenvalue weighted by molar-refractivity contribution is 7.91. The van der Waals surface area contributed by atoms with Gasteiger partial charge in [0, 0.05) is 13.5 Å². The van der Waals surface area contributed by atoms with Crippen LogP contribution in [-0.4, -0.2) is 85.7 Å². The second-order valence-corrected chi connectivity index (χ2v) is 18.0. The number of nitrogens with zero attached hydrogens (tertiary/aromatic N) is 1. The SMILES string of the molecule is CO[C@@]1(c2ccc(-c3ccccc3)cc2)C[C@@H](C(=O)N[C@]2(C(=O)NS(=O)(=O)C3CC3)C[C@H]2C(F)F)N(C(=O)[C@@H](NC(=O)OC(C)(C)C)C(C)(C)C)C1. The molecule has 5 atom stereocenters. The normalized spacial score (nSPS) is 25.3. The fraction of sp³-hybridized carbons (Fsp3) is 0.568. The number of alkyl carbamates (subject to hydrolysis) is 1. The number of hydrogen-bond donors (Lipinski definition) is 3. The maximum Gasteiger partial charge on any atom is 0.408 e. The van der Waals surface area contributed by atoms with E-state index < -0.39 is 92.1 Å². The topological polar surface area (TPSA) is 160 Å². The monoisotopic (exact) mass is 746 g/mol. The molecule has 1 aliphatic heterocycles. The molecule has 0 spiro atoms. The lowest BCUT2D eigenvalue weighted by Gasteiger charge is -2.36. The zero-order valence-electron chi connectivity index (χ0n) is 30.5. The molecule has 0 radical (unpaired) electrons. The second-order valence-electron chi connectivity index (χ2n) is 16.1. The van der Waals surface area contributed by atoms with E-state index in [0.29, 0.717) is 18.4 Å². The third-order valence-electron chi connectivity index (χ3n) is 9.86. The Kier molecular flexibility index (Phi) is 10.6. The number of amides is 4. The average Bonchev–Trinajstić information content (AvgIpc) is 3.99. The largest absolute Gasteiger partial charge is 0.444 e. The Labute approximate surface area is 303 Å². The summed E-state index contributed by atoms with van der Waals surface area (Å²) < 4.78 is 66.9. The average molecular weight is 747 g/mol. The number of alkyl halides is 2. The molecule has 2 saturated carbocycles. The maximum atomic E-state index is 14.6. The zero-order valence-corrected chi connectivity index (χ0v) is 31.3. The van der Waals surface area contributed by atoms with Crippen LogP contribution < -0.4 is 15.4 Å². The van der Waals surface area contributed by atoms with Crippen molar-refractivity contribution in [2.24, 2.45) is 11.3 Å². The van der Waals surface area contributed by atoms with Crippen molar-refractivity contribution in [3.05, 3.63) is 60.2 Å². The predicted molar refractivity (Wildman–Crippen MR) is 188 cm³/mol. The van der Waals surface area contributed by atoms with Crippen molar-refractivity contribution in [2.75, 3.05) is 13.7 Å². The molecule has 2 aliphatic carbocycles. The van der Waals surface area contributed by atoms with Crippen molar-refractivity contribution < 1.29 is 45.9 Å². The van der Waals surface area contributed by atoms with E-state index in [1.165, 1.54) is 12.0 Å². The Bertz CT molecular complexity index is 1790. The first kappa shape index (κ1) is 39.1. The number of nitrogens with one attached hydrogen (secondary N) is 3. The van der Waals surface area contributed by atoms with Gasteiger partial charge in [0.25, 0.3) is 5.91 Å². The van der Waals surface area contributed by atoms with Gasteiger partial charge in [0.2, 0.25) is 28.3 Å². The molecule has 0 unspecified atom stereocenters. The highest BCUT2D eigenvalue weighted by Crippen LogP contribution is 2.49. The number of methoxy groups -OCH3 is 1. The molecule has 15 heteroatoms. The molecule has 1 saturated heterocycles. The number of hydrogen-bond acceptors (Lipinski definition) is 8. The summed E-state index contributed by atoms with van der Waals surface area (Å²) >= 11 is 0. The number of benzene rings is 2. The second kappa shape index (κ2) is 14.0. The minimum absolute atomic E-state index is 0.146. The van der Waals surface area contributed by atoms with Gasteiger partial charge in [-0.3, -0.25) is 19.1 Å². The van der Waals surface area contributed by atoms with Crippen molar-refractivity contribution >= 4 is 33.8 Å². The molecule has 5 rings (SSSR count). The maximum absolute atomic E-state index is 14.6. The first-order chi connectivity index (χ1) is 24.1. The van der Waals surface area contributed by atoms with Gasteiger partial charge in [-0.1, -0.05) is 75.4 Å². The van der Waals surface area contributed by atoms with Crippen LogP contribution in [0.1, 0.15) is 72.8 Å². The molecule has 2 aromatic rings. The summed E-state index contributed by atoms with van der Waals surface area (Å²) in [6.07, 6.45) is -3.88. The third kappa shape index (κ3) is 8.25. The Morgan fingerprint density at radius 1 is 0.904 bits per heavy atom. The van der Waals surface area contributed by atoms with Crippen molar-refractivity contribution in [2.45, 2.75) is 108 Å². The molecule has 3 N–H and O–H groups in total. The number of carbonyl (C=O) groups is 4. The van der Waals surface area contributed by atoms with Crippen LogP contribution in [-0.2, 0) is 39.5 Å². The molecular weight excluding hydrogens is 698 g/mol. The van der Waals surface area contributed by atoms with Crippen LogP contribution in [0, 0.1) is 11.3 Å². The van der Waals surface area contributed by atoms with Gasteiger partial charge in [0.15, 0.2) is 0 Å². The van der Waals surface area contributed by atoms with Gasteiger partial charge >= 0.3 is 6.09 Å². The lowest BCUT2D eigenvalue weighted by molar-refractivity contribution is -0.143. The molecule has 3 aliphatic rings. The smallest absolute Gasteiger partial charge is 0.408 e. The summed E-state index contributed by atoms with van der Waals surface area (Å²) in [5.41, 5.74) is -2.78. The van der Waals surface area contributed by atoms with E-state index >= 15 is 0 Å². The molecule has 2 aromatic carbocycles. The number of sulfonamides is 1. The molecule has 0 aromatic heterocycles. The Morgan fingerprint density at radius 3 is 2.00 bits per heavy atom. The number of halogens is 2. The van der Waals surface area contributed by atoms with E-state index in [0.717, 1.165) is 11.1 Å². The number of carbonyl (C=O) groups excluding carboxylic acids is 4. The molecule has 3 fully saturated rings. The first-order valence-corrected chi connectivity index (χ1v) is 18.8. The first-order valence-electron chi connectivity index (χ1n) is 17.3. The molecule has 52 heavy (non-hydrogen) atoms. The van der Waals surface area contributed by atoms with E-state index in [2.05, 4.69) is 10.6 Å². The molecule has 284 valence electrons. The van der Waals surface area contributed by atoms with Gasteiger partial charge in [-0.05, 0) is 62.1 Å². The molecular formula is C37H48F2N4O8S. The fourth-order valence-corrected chi connectivity index (χ4v) is 8.05. The van der Waals surface area contributed by atoms with E-state index in [1.54, 1.807) is 41.5 Å². The molecule has 0 bridgehead atoms. The Balaban J connectivity index is 1.51. The number of ether oxygens (including phenoxy) is 2. The fourth-order valence-electron chi connectivity index (χ4n) is 6.69. The molecule has 12 nitrogen and oxygen atoms in total. The lowest BCUT2D eigenvalue weighted by Crippen LogP contribution is -2.60. The van der Waals surface area contributed by atoms with Gasteiger partial charge in [-0.2, -0.15) is 0 Å². The summed E-state index contributed by atoms with van der Waals surface area (Å²) in [6.45, 7) is 10.0. The van der Waals surface area contributed by atoms with Crippen LogP contribution in [0.5, 0.6) is 0 Å². The summed E-state index contributed by atoms with van der Waals surface area (Å²) in [4.78, 5) is 56.5. The van der Waals surface area contributed by atoms with Gasteiger partial charge < -0.3 is 25.0 Å². The van der Waals surface area contributed by atoms with E-state index in [1.807, 2.05) is 59.3 Å². The highest BCUT2D eigenvalue weighted by Gasteiger charge is 2.67. The van der Waals surface area contributed by atoms with Crippen LogP contribution in [0.2, 0.25) is 0 Å².